The number of anilines is 3. The summed E-state index contributed by atoms with van der Waals surface area (Å²) in [6.07, 6.45) is 4.18. The van der Waals surface area contributed by atoms with Gasteiger partial charge in [0.15, 0.2) is 0 Å². The molecule has 7 heteroatoms. The topological polar surface area (TPSA) is 61.3 Å². The first-order chi connectivity index (χ1) is 12.6. The largest absolute Gasteiger partial charge is 0.356 e. The third-order valence-electron chi connectivity index (χ3n) is 5.45. The second-order valence-electron chi connectivity index (χ2n) is 7.21. The van der Waals surface area contributed by atoms with Gasteiger partial charge in [0.25, 0.3) is 0 Å². The zero-order valence-electron chi connectivity index (χ0n) is 15.9. The number of aromatic nitrogens is 4. The fourth-order valence-electron chi connectivity index (χ4n) is 3.80. The van der Waals surface area contributed by atoms with Crippen LogP contribution in [0.4, 0.5) is 17.5 Å². The minimum atomic E-state index is 0.856. The Morgan fingerprint density at radius 2 is 1.31 bits per heavy atom. The van der Waals surface area contributed by atoms with Crippen LogP contribution in [0.1, 0.15) is 29.9 Å². The normalized spacial score (nSPS) is 17.9. The fourth-order valence-corrected chi connectivity index (χ4v) is 3.80. The first-order valence-corrected chi connectivity index (χ1v) is 9.50. The predicted molar refractivity (Wildman–Crippen MR) is 104 cm³/mol. The van der Waals surface area contributed by atoms with Crippen LogP contribution in [0.5, 0.6) is 0 Å². The molecule has 4 heterocycles. The van der Waals surface area contributed by atoms with E-state index >= 15 is 0 Å². The maximum absolute atomic E-state index is 4.70. The molecule has 2 saturated heterocycles. The van der Waals surface area contributed by atoms with Crippen LogP contribution >= 0.6 is 0 Å². The molecule has 0 spiro atoms. The Morgan fingerprint density at radius 3 is 1.96 bits per heavy atom. The van der Waals surface area contributed by atoms with Crippen molar-refractivity contribution in [2.24, 2.45) is 0 Å². The van der Waals surface area contributed by atoms with E-state index in [2.05, 4.69) is 42.6 Å². The summed E-state index contributed by atoms with van der Waals surface area (Å²) in [5.41, 5.74) is 2.23. The van der Waals surface area contributed by atoms with Gasteiger partial charge in [0.2, 0.25) is 0 Å². The monoisotopic (exact) mass is 353 g/mol. The number of piperazine rings is 1. The molecular weight excluding hydrogens is 326 g/mol. The summed E-state index contributed by atoms with van der Waals surface area (Å²) in [5.74, 6) is 4.05. The zero-order valence-corrected chi connectivity index (χ0v) is 15.9. The van der Waals surface area contributed by atoms with Crippen molar-refractivity contribution in [3.05, 3.63) is 29.5 Å². The fraction of sp³-hybridized carbons (Fsp3) is 0.579. The summed E-state index contributed by atoms with van der Waals surface area (Å²) in [7, 11) is 0. The molecule has 2 aliphatic heterocycles. The number of hydrogen-bond acceptors (Lipinski definition) is 7. The van der Waals surface area contributed by atoms with Gasteiger partial charge in [-0.25, -0.2) is 19.9 Å². The smallest absolute Gasteiger partial charge is 0.135 e. The zero-order chi connectivity index (χ0) is 18.1. The van der Waals surface area contributed by atoms with Crippen LogP contribution in [-0.2, 0) is 0 Å². The van der Waals surface area contributed by atoms with Crippen molar-refractivity contribution < 1.29 is 0 Å². The highest BCUT2D eigenvalue weighted by molar-refractivity contribution is 5.54. The summed E-state index contributed by atoms with van der Waals surface area (Å²) in [6.45, 7) is 12.1. The van der Waals surface area contributed by atoms with Crippen molar-refractivity contribution >= 4 is 17.5 Å². The van der Waals surface area contributed by atoms with Crippen molar-refractivity contribution in [3.8, 4) is 0 Å². The molecule has 0 unspecified atom stereocenters. The van der Waals surface area contributed by atoms with Crippen LogP contribution in [0.15, 0.2) is 12.4 Å². The molecule has 0 aliphatic carbocycles. The third-order valence-corrected chi connectivity index (χ3v) is 5.45. The lowest BCUT2D eigenvalue weighted by Crippen LogP contribution is -2.47. The van der Waals surface area contributed by atoms with Gasteiger partial charge >= 0.3 is 0 Å². The van der Waals surface area contributed by atoms with E-state index in [9.17, 15) is 0 Å². The SMILES string of the molecule is Cc1nc(N2CCCC2)cc(N2CCN(c3ncnc(C)c3C)CC2)n1. The molecule has 0 amide bonds. The quantitative estimate of drug-likeness (QED) is 0.837. The molecule has 2 fully saturated rings. The van der Waals surface area contributed by atoms with E-state index < -0.39 is 0 Å². The third kappa shape index (κ3) is 3.30. The summed E-state index contributed by atoms with van der Waals surface area (Å²) in [6, 6.07) is 2.16. The van der Waals surface area contributed by atoms with Gasteiger partial charge in [0.1, 0.15) is 29.6 Å². The van der Waals surface area contributed by atoms with Gasteiger partial charge in [0.05, 0.1) is 0 Å². The van der Waals surface area contributed by atoms with E-state index in [1.54, 1.807) is 6.33 Å². The molecule has 0 radical (unpaired) electrons. The van der Waals surface area contributed by atoms with Crippen molar-refractivity contribution in [2.75, 3.05) is 54.0 Å². The molecule has 0 aromatic carbocycles. The summed E-state index contributed by atoms with van der Waals surface area (Å²) in [5, 5.41) is 0. The number of hydrogen-bond donors (Lipinski definition) is 0. The Labute approximate surface area is 155 Å². The van der Waals surface area contributed by atoms with Crippen molar-refractivity contribution in [1.82, 2.24) is 19.9 Å². The Hall–Kier alpha value is -2.44. The highest BCUT2D eigenvalue weighted by Crippen LogP contribution is 2.25. The summed E-state index contributed by atoms with van der Waals surface area (Å²) in [4.78, 5) is 25.2. The lowest BCUT2D eigenvalue weighted by molar-refractivity contribution is 0.637. The molecule has 0 atom stereocenters. The van der Waals surface area contributed by atoms with E-state index in [1.807, 2.05) is 13.8 Å². The van der Waals surface area contributed by atoms with Gasteiger partial charge in [-0.05, 0) is 33.6 Å². The molecule has 0 saturated carbocycles. The second-order valence-corrected chi connectivity index (χ2v) is 7.21. The van der Waals surface area contributed by atoms with Crippen LogP contribution in [0.25, 0.3) is 0 Å². The maximum Gasteiger partial charge on any atom is 0.135 e. The Kier molecular flexibility index (Phi) is 4.61. The lowest BCUT2D eigenvalue weighted by Gasteiger charge is -2.37. The number of rotatable bonds is 3. The van der Waals surface area contributed by atoms with Crippen LogP contribution < -0.4 is 14.7 Å². The van der Waals surface area contributed by atoms with Gasteiger partial charge in [-0.1, -0.05) is 0 Å². The molecular formula is C19H27N7. The molecule has 2 aromatic heterocycles. The summed E-state index contributed by atoms with van der Waals surface area (Å²) < 4.78 is 0. The first kappa shape index (κ1) is 17.0. The molecule has 2 aliphatic rings. The number of aryl methyl sites for hydroxylation is 2. The molecule has 0 bridgehead atoms. The van der Waals surface area contributed by atoms with Gasteiger partial charge in [0, 0.05) is 56.6 Å². The van der Waals surface area contributed by atoms with Crippen LogP contribution in [0, 0.1) is 20.8 Å². The van der Waals surface area contributed by atoms with E-state index in [0.717, 1.165) is 68.2 Å². The Morgan fingerprint density at radius 1 is 0.731 bits per heavy atom. The van der Waals surface area contributed by atoms with Crippen molar-refractivity contribution in [2.45, 2.75) is 33.6 Å². The molecule has 4 rings (SSSR count). The highest BCUT2D eigenvalue weighted by Gasteiger charge is 2.23. The molecule has 2 aromatic rings. The molecule has 0 N–H and O–H groups in total. The van der Waals surface area contributed by atoms with Crippen molar-refractivity contribution in [1.29, 1.82) is 0 Å². The molecule has 7 nitrogen and oxygen atoms in total. The average Bonchev–Trinajstić information content (AvgIpc) is 3.19. The lowest BCUT2D eigenvalue weighted by atomic mass is 10.2. The van der Waals surface area contributed by atoms with E-state index in [-0.39, 0.29) is 0 Å². The van der Waals surface area contributed by atoms with Crippen LogP contribution in [-0.4, -0.2) is 59.2 Å². The van der Waals surface area contributed by atoms with Gasteiger partial charge < -0.3 is 14.7 Å². The molecule has 26 heavy (non-hydrogen) atoms. The van der Waals surface area contributed by atoms with E-state index in [1.165, 1.54) is 18.4 Å². The minimum Gasteiger partial charge on any atom is -0.356 e. The predicted octanol–water partition coefficient (Wildman–Crippen LogP) is 2.12. The average molecular weight is 353 g/mol. The van der Waals surface area contributed by atoms with Gasteiger partial charge in [-0.3, -0.25) is 0 Å². The first-order valence-electron chi connectivity index (χ1n) is 9.50. The van der Waals surface area contributed by atoms with Gasteiger partial charge in [-0.2, -0.15) is 0 Å². The highest BCUT2D eigenvalue weighted by atomic mass is 15.3. The van der Waals surface area contributed by atoms with Crippen LogP contribution in [0.2, 0.25) is 0 Å². The summed E-state index contributed by atoms with van der Waals surface area (Å²) >= 11 is 0. The molecule has 138 valence electrons. The Bertz CT molecular complexity index is 777. The Balaban J connectivity index is 1.48. The van der Waals surface area contributed by atoms with Crippen molar-refractivity contribution in [3.63, 3.8) is 0 Å². The van der Waals surface area contributed by atoms with E-state index in [0.29, 0.717) is 0 Å². The second kappa shape index (κ2) is 7.05. The minimum absolute atomic E-state index is 0.856. The number of nitrogens with zero attached hydrogens (tertiary/aromatic N) is 7. The van der Waals surface area contributed by atoms with E-state index in [4.69, 9.17) is 4.98 Å². The van der Waals surface area contributed by atoms with Gasteiger partial charge in [-0.15, -0.1) is 0 Å². The maximum atomic E-state index is 4.70. The standard InChI is InChI=1S/C19H27N7/c1-14-15(2)20-13-21-19(14)26-10-8-25(9-11-26)18-12-17(22-16(3)23-18)24-6-4-5-7-24/h12-13H,4-11H2,1-3H3. The van der Waals surface area contributed by atoms with Crippen LogP contribution in [0.3, 0.4) is 0 Å².